The average molecular weight is 881 g/mol. The molecule has 6 N–H and O–H groups in total. The maximum atomic E-state index is 14.1. The van der Waals surface area contributed by atoms with E-state index < -0.39 is 72.8 Å². The highest BCUT2D eigenvalue weighted by Crippen LogP contribution is 2.26. The standard InChI is InChI=1S/C49H92N4O9/c1-8-10-12-14-16-18-20-22-23-24-25-27-29-31-33-35-41(55)53(36-34-32-30-28-26-21-19-17-15-13-11-9-2)47-42(44(57)43(56)40(37-54)61-47)52-46(59)38(3)50-45(58)39(4)51-48(60)62-49(5,6)7/h22-23,38-40,42-44,47,54,56-57H,8-21,24-37H2,1-7H3,(H,50,58)(H,51,60)(H,52,59)/b23-22-/t38-,39-,40+,42+,43+,44+,47+/m0/s1. The van der Waals surface area contributed by atoms with Crippen LogP contribution >= 0.6 is 0 Å². The van der Waals surface area contributed by atoms with Crippen LogP contribution in [0.4, 0.5) is 4.79 Å². The fourth-order valence-corrected chi connectivity index (χ4v) is 7.77. The molecule has 1 fully saturated rings. The van der Waals surface area contributed by atoms with E-state index in [-0.39, 0.29) is 12.3 Å². The molecule has 1 aliphatic rings. The topological polar surface area (TPSA) is 187 Å². The Bertz CT molecular complexity index is 1230. The van der Waals surface area contributed by atoms with Gasteiger partial charge in [-0.1, -0.05) is 148 Å². The number of unbranched alkanes of at least 4 members (excludes halogenated alkanes) is 22. The van der Waals surface area contributed by atoms with Crippen molar-refractivity contribution >= 4 is 23.8 Å². The number of amides is 4. The van der Waals surface area contributed by atoms with Crippen LogP contribution in [0.25, 0.3) is 0 Å². The van der Waals surface area contributed by atoms with Crippen molar-refractivity contribution in [3.8, 4) is 0 Å². The number of allylic oxidation sites excluding steroid dienone is 2. The van der Waals surface area contributed by atoms with E-state index in [0.29, 0.717) is 19.4 Å². The Morgan fingerprint density at radius 3 is 1.58 bits per heavy atom. The fourth-order valence-electron chi connectivity index (χ4n) is 7.77. The van der Waals surface area contributed by atoms with Crippen molar-refractivity contribution in [1.29, 1.82) is 0 Å². The lowest BCUT2D eigenvalue weighted by Crippen LogP contribution is -2.70. The molecule has 0 saturated carbocycles. The number of nitrogens with one attached hydrogen (secondary N) is 3. The van der Waals surface area contributed by atoms with Crippen molar-refractivity contribution in [2.75, 3.05) is 13.2 Å². The van der Waals surface area contributed by atoms with Gasteiger partial charge in [0.2, 0.25) is 17.7 Å². The van der Waals surface area contributed by atoms with Crippen LogP contribution in [0.1, 0.15) is 215 Å². The quantitative estimate of drug-likeness (QED) is 0.0267. The minimum atomic E-state index is -1.58. The van der Waals surface area contributed by atoms with E-state index >= 15 is 0 Å². The molecule has 1 rings (SSSR count). The third kappa shape index (κ3) is 26.1. The number of hydrogen-bond acceptors (Lipinski definition) is 9. The van der Waals surface area contributed by atoms with Crippen LogP contribution in [-0.2, 0) is 23.9 Å². The van der Waals surface area contributed by atoms with Gasteiger partial charge in [0.15, 0.2) is 6.23 Å². The molecule has 0 unspecified atom stereocenters. The Morgan fingerprint density at radius 2 is 1.10 bits per heavy atom. The Balaban J connectivity index is 2.92. The highest BCUT2D eigenvalue weighted by atomic mass is 16.6. The molecular formula is C49H92N4O9. The summed E-state index contributed by atoms with van der Waals surface area (Å²) in [5.74, 6) is -1.51. The number of aliphatic hydroxyl groups excluding tert-OH is 3. The van der Waals surface area contributed by atoms with E-state index in [4.69, 9.17) is 9.47 Å². The minimum Gasteiger partial charge on any atom is -0.444 e. The second kappa shape index (κ2) is 34.6. The normalized spacial score (nSPS) is 20.1. The fraction of sp³-hybridized carbons (Fsp3) is 0.878. The van der Waals surface area contributed by atoms with Crippen LogP contribution in [-0.4, -0.2) is 105 Å². The molecule has 1 heterocycles. The molecule has 13 nitrogen and oxygen atoms in total. The molecule has 0 spiro atoms. The van der Waals surface area contributed by atoms with Crippen molar-refractivity contribution in [2.24, 2.45) is 0 Å². The lowest BCUT2D eigenvalue weighted by atomic mass is 9.94. The van der Waals surface area contributed by atoms with Gasteiger partial charge in [0, 0.05) is 13.0 Å². The summed E-state index contributed by atoms with van der Waals surface area (Å²) in [6, 6.07) is -3.40. The number of hydrogen-bond donors (Lipinski definition) is 6. The number of nitrogens with zero attached hydrogens (tertiary/aromatic N) is 1. The number of carbonyl (C=O) groups excluding carboxylic acids is 4. The van der Waals surface area contributed by atoms with Crippen LogP contribution in [0.15, 0.2) is 12.2 Å². The smallest absolute Gasteiger partial charge is 0.408 e. The zero-order valence-corrected chi connectivity index (χ0v) is 40.2. The van der Waals surface area contributed by atoms with Gasteiger partial charge in [0.25, 0.3) is 0 Å². The van der Waals surface area contributed by atoms with E-state index in [2.05, 4.69) is 41.9 Å². The van der Waals surface area contributed by atoms with E-state index in [0.717, 1.165) is 57.8 Å². The first-order chi connectivity index (χ1) is 29.7. The van der Waals surface area contributed by atoms with E-state index in [1.54, 1.807) is 25.7 Å². The van der Waals surface area contributed by atoms with Gasteiger partial charge in [0.05, 0.1) is 6.61 Å². The van der Waals surface area contributed by atoms with Crippen LogP contribution in [0.3, 0.4) is 0 Å². The highest BCUT2D eigenvalue weighted by Gasteiger charge is 2.48. The van der Waals surface area contributed by atoms with Gasteiger partial charge >= 0.3 is 6.09 Å². The molecule has 62 heavy (non-hydrogen) atoms. The largest absolute Gasteiger partial charge is 0.444 e. The Kier molecular flexibility index (Phi) is 32.0. The predicted molar refractivity (Wildman–Crippen MR) is 248 cm³/mol. The monoisotopic (exact) mass is 881 g/mol. The van der Waals surface area contributed by atoms with Crippen molar-refractivity contribution in [3.63, 3.8) is 0 Å². The Morgan fingerprint density at radius 1 is 0.645 bits per heavy atom. The third-order valence-electron chi connectivity index (χ3n) is 11.6. The Hall–Kier alpha value is -2.74. The van der Waals surface area contributed by atoms with Crippen LogP contribution in [0.2, 0.25) is 0 Å². The molecule has 0 aromatic heterocycles. The first-order valence-corrected chi connectivity index (χ1v) is 24.8. The summed E-state index contributed by atoms with van der Waals surface area (Å²) in [6.07, 6.45) is 27.3. The molecule has 7 atom stereocenters. The van der Waals surface area contributed by atoms with Gasteiger partial charge in [-0.15, -0.1) is 0 Å². The van der Waals surface area contributed by atoms with Crippen LogP contribution in [0, 0.1) is 0 Å². The number of carbonyl (C=O) groups is 4. The third-order valence-corrected chi connectivity index (χ3v) is 11.6. The maximum Gasteiger partial charge on any atom is 0.408 e. The van der Waals surface area contributed by atoms with Gasteiger partial charge in [-0.05, 0) is 73.1 Å². The lowest BCUT2D eigenvalue weighted by molar-refractivity contribution is -0.231. The number of ether oxygens (including phenoxy) is 2. The van der Waals surface area contributed by atoms with Gasteiger partial charge in [-0.3, -0.25) is 14.4 Å². The summed E-state index contributed by atoms with van der Waals surface area (Å²) in [4.78, 5) is 54.4. The van der Waals surface area contributed by atoms with Crippen molar-refractivity contribution in [3.05, 3.63) is 12.2 Å². The first kappa shape index (κ1) is 57.3. The summed E-state index contributed by atoms with van der Waals surface area (Å²) in [7, 11) is 0. The lowest BCUT2D eigenvalue weighted by Gasteiger charge is -2.47. The highest BCUT2D eigenvalue weighted by molar-refractivity contribution is 5.91. The van der Waals surface area contributed by atoms with Gasteiger partial charge in [-0.2, -0.15) is 0 Å². The zero-order valence-electron chi connectivity index (χ0n) is 40.2. The van der Waals surface area contributed by atoms with Crippen molar-refractivity contribution < 1.29 is 44.0 Å². The first-order valence-electron chi connectivity index (χ1n) is 24.8. The number of rotatable bonds is 35. The van der Waals surface area contributed by atoms with Crippen LogP contribution in [0.5, 0.6) is 0 Å². The molecule has 1 saturated heterocycles. The number of aliphatic hydroxyl groups is 3. The molecule has 0 aliphatic carbocycles. The second-order valence-electron chi connectivity index (χ2n) is 18.7. The molecule has 1 aliphatic heterocycles. The summed E-state index contributed by atoms with van der Waals surface area (Å²) >= 11 is 0. The summed E-state index contributed by atoms with van der Waals surface area (Å²) in [6.45, 7) is 12.2. The second-order valence-corrected chi connectivity index (χ2v) is 18.7. The molecule has 4 amide bonds. The van der Waals surface area contributed by atoms with E-state index in [1.165, 1.54) is 104 Å². The zero-order chi connectivity index (χ0) is 46.2. The Labute approximate surface area is 376 Å². The maximum absolute atomic E-state index is 14.1. The van der Waals surface area contributed by atoms with Crippen molar-refractivity contribution in [2.45, 2.75) is 264 Å². The molecular weight excluding hydrogens is 789 g/mol. The number of alkyl carbamates (subject to hydrolysis) is 1. The SMILES string of the molecule is CCCCCCCC/C=C\CCCCCCCC(=O)N(CCCCCCCCCCCCCC)[C@@H]1O[C@H](CO)[C@@H](O)[C@H](O)[C@H]1NC(=O)[C@H](C)NC(=O)[C@H](C)NC(=O)OC(C)(C)C. The predicted octanol–water partition coefficient (Wildman–Crippen LogP) is 8.90. The molecule has 0 aromatic rings. The van der Waals surface area contributed by atoms with Gasteiger partial charge < -0.3 is 45.6 Å². The summed E-state index contributed by atoms with van der Waals surface area (Å²) in [5, 5.41) is 40.1. The minimum absolute atomic E-state index is 0.182. The molecule has 362 valence electrons. The summed E-state index contributed by atoms with van der Waals surface area (Å²) < 4.78 is 11.4. The molecule has 0 bridgehead atoms. The van der Waals surface area contributed by atoms with Crippen molar-refractivity contribution in [1.82, 2.24) is 20.9 Å². The average Bonchev–Trinajstić information content (AvgIpc) is 3.22. The van der Waals surface area contributed by atoms with E-state index in [1.807, 2.05) is 0 Å². The van der Waals surface area contributed by atoms with Gasteiger partial charge in [0.1, 0.15) is 42.0 Å². The molecule has 13 heteroatoms. The molecule has 0 aromatic carbocycles. The van der Waals surface area contributed by atoms with Gasteiger partial charge in [-0.25, -0.2) is 4.79 Å². The molecule has 0 radical (unpaired) electrons. The van der Waals surface area contributed by atoms with Crippen LogP contribution < -0.4 is 16.0 Å². The van der Waals surface area contributed by atoms with E-state index in [9.17, 15) is 34.5 Å². The summed E-state index contributed by atoms with van der Waals surface area (Å²) in [5.41, 5.74) is -0.765.